The lowest BCUT2D eigenvalue weighted by Gasteiger charge is -2.04. The minimum atomic E-state index is 0.0971. The second kappa shape index (κ2) is 7.20. The lowest BCUT2D eigenvalue weighted by atomic mass is 10.1. The van der Waals surface area contributed by atoms with E-state index >= 15 is 0 Å². The van der Waals surface area contributed by atoms with Crippen LogP contribution in [0.15, 0.2) is 60.8 Å². The predicted octanol–water partition coefficient (Wildman–Crippen LogP) is 3.96. The van der Waals surface area contributed by atoms with Gasteiger partial charge in [-0.05, 0) is 23.1 Å². The van der Waals surface area contributed by atoms with Crippen molar-refractivity contribution in [1.82, 2.24) is 4.98 Å². The van der Waals surface area contributed by atoms with E-state index in [9.17, 15) is 0 Å². The summed E-state index contributed by atoms with van der Waals surface area (Å²) in [7, 11) is 0. The summed E-state index contributed by atoms with van der Waals surface area (Å²) in [6.07, 6.45) is 2.85. The molecule has 0 aliphatic rings. The van der Waals surface area contributed by atoms with Crippen molar-refractivity contribution in [3.63, 3.8) is 0 Å². The quantitative estimate of drug-likeness (QED) is 0.724. The SMILES string of the molecule is OCc1ccc(CCNc2ncc(-c3ccccc3)s2)cc1. The number of aliphatic hydroxyl groups is 1. The molecule has 1 aromatic heterocycles. The van der Waals surface area contributed by atoms with Gasteiger partial charge >= 0.3 is 0 Å². The van der Waals surface area contributed by atoms with Crippen molar-refractivity contribution < 1.29 is 5.11 Å². The largest absolute Gasteiger partial charge is 0.392 e. The summed E-state index contributed by atoms with van der Waals surface area (Å²) < 4.78 is 0. The van der Waals surface area contributed by atoms with E-state index in [-0.39, 0.29) is 6.61 Å². The van der Waals surface area contributed by atoms with Crippen LogP contribution in [0.3, 0.4) is 0 Å². The molecule has 3 rings (SSSR count). The Bertz CT molecular complexity index is 707. The molecule has 0 fully saturated rings. The summed E-state index contributed by atoms with van der Waals surface area (Å²) in [4.78, 5) is 5.60. The Balaban J connectivity index is 1.54. The Morgan fingerprint density at radius 2 is 1.68 bits per heavy atom. The van der Waals surface area contributed by atoms with Gasteiger partial charge in [0.2, 0.25) is 0 Å². The monoisotopic (exact) mass is 310 g/mol. The topological polar surface area (TPSA) is 45.1 Å². The molecule has 0 saturated heterocycles. The molecule has 2 aromatic carbocycles. The average molecular weight is 310 g/mol. The zero-order chi connectivity index (χ0) is 15.2. The maximum absolute atomic E-state index is 9.03. The van der Waals surface area contributed by atoms with E-state index in [1.165, 1.54) is 16.0 Å². The normalized spacial score (nSPS) is 10.6. The van der Waals surface area contributed by atoms with Gasteiger partial charge in [0.25, 0.3) is 0 Å². The van der Waals surface area contributed by atoms with Crippen molar-refractivity contribution >= 4 is 16.5 Å². The molecule has 0 atom stereocenters. The summed E-state index contributed by atoms with van der Waals surface area (Å²) in [5, 5.41) is 13.4. The van der Waals surface area contributed by atoms with E-state index in [1.54, 1.807) is 11.3 Å². The van der Waals surface area contributed by atoms with E-state index in [0.29, 0.717) is 0 Å². The third kappa shape index (κ3) is 3.72. The molecule has 1 heterocycles. The molecule has 0 unspecified atom stereocenters. The summed E-state index contributed by atoms with van der Waals surface area (Å²) in [6.45, 7) is 0.945. The Morgan fingerprint density at radius 3 is 2.41 bits per heavy atom. The number of aliphatic hydroxyl groups excluding tert-OH is 1. The number of thiazole rings is 1. The van der Waals surface area contributed by atoms with Crippen molar-refractivity contribution in [2.24, 2.45) is 0 Å². The molecule has 2 N–H and O–H groups in total. The van der Waals surface area contributed by atoms with Gasteiger partial charge in [0.1, 0.15) is 0 Å². The summed E-state index contributed by atoms with van der Waals surface area (Å²) in [6, 6.07) is 18.3. The smallest absolute Gasteiger partial charge is 0.183 e. The molecule has 4 heteroatoms. The van der Waals surface area contributed by atoms with Crippen LogP contribution in [-0.2, 0) is 13.0 Å². The number of anilines is 1. The average Bonchev–Trinajstić information content (AvgIpc) is 3.05. The standard InChI is InChI=1S/C18H18N2OS/c21-13-15-8-6-14(7-9-15)10-11-19-18-20-12-17(22-18)16-4-2-1-3-5-16/h1-9,12,21H,10-11,13H2,(H,19,20). The van der Waals surface area contributed by atoms with Gasteiger partial charge in [-0.15, -0.1) is 0 Å². The van der Waals surface area contributed by atoms with Gasteiger partial charge in [0.05, 0.1) is 11.5 Å². The molecule has 0 amide bonds. The van der Waals surface area contributed by atoms with Crippen LogP contribution < -0.4 is 5.32 Å². The molecule has 0 aliphatic heterocycles. The van der Waals surface area contributed by atoms with Crippen LogP contribution in [0.2, 0.25) is 0 Å². The van der Waals surface area contributed by atoms with Gasteiger partial charge in [-0.2, -0.15) is 0 Å². The minimum Gasteiger partial charge on any atom is -0.392 e. The van der Waals surface area contributed by atoms with Crippen molar-refractivity contribution in [1.29, 1.82) is 0 Å². The van der Waals surface area contributed by atoms with E-state index in [0.717, 1.165) is 23.7 Å². The van der Waals surface area contributed by atoms with E-state index in [1.807, 2.05) is 36.5 Å². The maximum Gasteiger partial charge on any atom is 0.183 e. The first-order valence-electron chi connectivity index (χ1n) is 7.29. The maximum atomic E-state index is 9.03. The highest BCUT2D eigenvalue weighted by atomic mass is 32.1. The van der Waals surface area contributed by atoms with Crippen molar-refractivity contribution in [3.8, 4) is 10.4 Å². The molecular weight excluding hydrogens is 292 g/mol. The lowest BCUT2D eigenvalue weighted by Crippen LogP contribution is -2.04. The minimum absolute atomic E-state index is 0.0971. The van der Waals surface area contributed by atoms with Crippen LogP contribution in [0, 0.1) is 0 Å². The molecule has 0 bridgehead atoms. The zero-order valence-corrected chi connectivity index (χ0v) is 13.0. The van der Waals surface area contributed by atoms with Crippen LogP contribution in [0.25, 0.3) is 10.4 Å². The number of rotatable bonds is 6. The molecule has 3 nitrogen and oxygen atoms in total. The van der Waals surface area contributed by atoms with E-state index < -0.39 is 0 Å². The molecule has 0 radical (unpaired) electrons. The van der Waals surface area contributed by atoms with Crippen LogP contribution in [0.1, 0.15) is 11.1 Å². The fraction of sp³-hybridized carbons (Fsp3) is 0.167. The highest BCUT2D eigenvalue weighted by molar-refractivity contribution is 7.18. The van der Waals surface area contributed by atoms with Gasteiger partial charge < -0.3 is 10.4 Å². The Kier molecular flexibility index (Phi) is 4.83. The number of hydrogen-bond donors (Lipinski definition) is 2. The second-order valence-electron chi connectivity index (χ2n) is 5.05. The number of nitrogens with zero attached hydrogens (tertiary/aromatic N) is 1. The van der Waals surface area contributed by atoms with Crippen LogP contribution in [-0.4, -0.2) is 16.6 Å². The van der Waals surface area contributed by atoms with Crippen molar-refractivity contribution in [3.05, 3.63) is 71.9 Å². The first-order chi connectivity index (χ1) is 10.8. The third-order valence-corrected chi connectivity index (χ3v) is 4.46. The third-order valence-electron chi connectivity index (χ3n) is 3.46. The molecule has 0 aliphatic carbocycles. The molecule has 22 heavy (non-hydrogen) atoms. The van der Waals surface area contributed by atoms with Crippen LogP contribution in [0.4, 0.5) is 5.13 Å². The number of aromatic nitrogens is 1. The van der Waals surface area contributed by atoms with E-state index in [4.69, 9.17) is 5.11 Å². The van der Waals surface area contributed by atoms with Gasteiger partial charge in [-0.3, -0.25) is 0 Å². The van der Waals surface area contributed by atoms with Gasteiger partial charge in [-0.25, -0.2) is 4.98 Å². The highest BCUT2D eigenvalue weighted by Gasteiger charge is 2.03. The molecule has 3 aromatic rings. The number of nitrogens with one attached hydrogen (secondary N) is 1. The fourth-order valence-corrected chi connectivity index (χ4v) is 3.06. The highest BCUT2D eigenvalue weighted by Crippen LogP contribution is 2.28. The Labute approximate surface area is 134 Å². The second-order valence-corrected chi connectivity index (χ2v) is 6.08. The van der Waals surface area contributed by atoms with Crippen LogP contribution in [0.5, 0.6) is 0 Å². The Hall–Kier alpha value is -2.17. The first-order valence-corrected chi connectivity index (χ1v) is 8.10. The number of hydrogen-bond acceptors (Lipinski definition) is 4. The predicted molar refractivity (Wildman–Crippen MR) is 92.1 cm³/mol. The lowest BCUT2D eigenvalue weighted by molar-refractivity contribution is 0.282. The van der Waals surface area contributed by atoms with Gasteiger partial charge in [0, 0.05) is 12.7 Å². The molecule has 112 valence electrons. The van der Waals surface area contributed by atoms with Crippen molar-refractivity contribution in [2.75, 3.05) is 11.9 Å². The molecular formula is C18H18N2OS. The number of benzene rings is 2. The Morgan fingerprint density at radius 1 is 0.955 bits per heavy atom. The van der Waals surface area contributed by atoms with Gasteiger partial charge in [0.15, 0.2) is 5.13 Å². The molecule has 0 spiro atoms. The zero-order valence-electron chi connectivity index (χ0n) is 12.2. The fourth-order valence-electron chi connectivity index (χ4n) is 2.22. The summed E-state index contributed by atoms with van der Waals surface area (Å²) >= 11 is 1.67. The van der Waals surface area contributed by atoms with Gasteiger partial charge in [-0.1, -0.05) is 65.9 Å². The summed E-state index contributed by atoms with van der Waals surface area (Å²) in [5.41, 5.74) is 3.40. The van der Waals surface area contributed by atoms with Crippen molar-refractivity contribution in [2.45, 2.75) is 13.0 Å². The molecule has 0 saturated carbocycles. The first kappa shape index (κ1) is 14.8. The van der Waals surface area contributed by atoms with Crippen LogP contribution >= 0.6 is 11.3 Å². The van der Waals surface area contributed by atoms with E-state index in [2.05, 4.69) is 34.6 Å². The summed E-state index contributed by atoms with van der Waals surface area (Å²) in [5.74, 6) is 0.